The molecule has 0 amide bonds. The number of hydrogen-bond donors (Lipinski definition) is 0. The number of rotatable bonds is 3. The zero-order chi connectivity index (χ0) is 11.1. The minimum absolute atomic E-state index is 1.03. The summed E-state index contributed by atoms with van der Waals surface area (Å²) in [5, 5.41) is 8.52. The molecule has 0 spiro atoms. The highest BCUT2D eigenvalue weighted by Gasteiger charge is 1.96. The molecule has 0 N–H and O–H groups in total. The monoisotopic (exact) mass is 198 g/mol. The van der Waals surface area contributed by atoms with Crippen LogP contribution in [-0.2, 0) is 0 Å². The van der Waals surface area contributed by atoms with Gasteiger partial charge in [0.2, 0.25) is 0 Å². The summed E-state index contributed by atoms with van der Waals surface area (Å²) in [4.78, 5) is 1.96. The van der Waals surface area contributed by atoms with Crippen molar-refractivity contribution in [2.24, 2.45) is 0 Å². The van der Waals surface area contributed by atoms with Crippen LogP contribution in [0.5, 0.6) is 0 Å². The van der Waals surface area contributed by atoms with Crippen LogP contribution in [0, 0.1) is 11.3 Å². The van der Waals surface area contributed by atoms with Crippen LogP contribution in [0.3, 0.4) is 0 Å². The molecule has 0 unspecified atom stereocenters. The average Bonchev–Trinajstić information content (AvgIpc) is 2.25. The first-order valence-corrected chi connectivity index (χ1v) is 4.74. The molecule has 76 valence electrons. The third-order valence-electron chi connectivity index (χ3n) is 1.84. The number of nitriles is 1. The van der Waals surface area contributed by atoms with Gasteiger partial charge in [-0.25, -0.2) is 0 Å². The van der Waals surface area contributed by atoms with E-state index >= 15 is 0 Å². The predicted molar refractivity (Wildman–Crippen MR) is 62.9 cm³/mol. The first-order chi connectivity index (χ1) is 7.24. The Bertz CT molecular complexity index is 394. The van der Waals surface area contributed by atoms with Gasteiger partial charge in [0.15, 0.2) is 0 Å². The van der Waals surface area contributed by atoms with Gasteiger partial charge in [-0.15, -0.1) is 0 Å². The summed E-state index contributed by atoms with van der Waals surface area (Å²) in [5.41, 5.74) is 2.14. The zero-order valence-corrected chi connectivity index (χ0v) is 9.01. The molecular weight excluding hydrogens is 184 g/mol. The van der Waals surface area contributed by atoms with E-state index in [2.05, 4.69) is 0 Å². The van der Waals surface area contributed by atoms with E-state index in [0.29, 0.717) is 0 Å². The highest BCUT2D eigenvalue weighted by Crippen LogP contribution is 2.15. The molecule has 0 bridgehead atoms. The van der Waals surface area contributed by atoms with Gasteiger partial charge < -0.3 is 4.90 Å². The molecule has 0 aliphatic carbocycles. The van der Waals surface area contributed by atoms with Gasteiger partial charge in [0.1, 0.15) is 0 Å². The minimum atomic E-state index is 1.03. The molecule has 0 radical (unpaired) electrons. The Morgan fingerprint density at radius 3 is 2.47 bits per heavy atom. The molecule has 15 heavy (non-hydrogen) atoms. The van der Waals surface area contributed by atoms with Gasteiger partial charge in [0.05, 0.1) is 6.07 Å². The number of hydrogen-bond acceptors (Lipinski definition) is 2. The lowest BCUT2D eigenvalue weighted by Gasteiger charge is -2.08. The molecular formula is C13H14N2. The summed E-state index contributed by atoms with van der Waals surface area (Å²) < 4.78 is 0. The Kier molecular flexibility index (Phi) is 4.18. The third-order valence-corrected chi connectivity index (χ3v) is 1.84. The van der Waals surface area contributed by atoms with Crippen LogP contribution in [0.4, 0.5) is 0 Å². The van der Waals surface area contributed by atoms with E-state index in [-0.39, 0.29) is 0 Å². The molecule has 0 saturated carbocycles. The molecule has 0 fully saturated rings. The highest BCUT2D eigenvalue weighted by molar-refractivity contribution is 5.74. The van der Waals surface area contributed by atoms with Crippen molar-refractivity contribution in [1.29, 1.82) is 5.26 Å². The van der Waals surface area contributed by atoms with E-state index in [0.717, 1.165) is 11.1 Å². The second-order valence-electron chi connectivity index (χ2n) is 3.38. The fourth-order valence-corrected chi connectivity index (χ4v) is 1.25. The lowest BCUT2D eigenvalue weighted by Crippen LogP contribution is -2.02. The van der Waals surface area contributed by atoms with Crippen molar-refractivity contribution >= 4 is 5.57 Å². The van der Waals surface area contributed by atoms with Crippen LogP contribution < -0.4 is 0 Å². The van der Waals surface area contributed by atoms with Crippen LogP contribution in [0.15, 0.2) is 48.7 Å². The molecule has 1 rings (SSSR count). The van der Waals surface area contributed by atoms with Gasteiger partial charge >= 0.3 is 0 Å². The summed E-state index contributed by atoms with van der Waals surface area (Å²) in [6.07, 6.45) is 5.29. The first kappa shape index (κ1) is 11.1. The van der Waals surface area contributed by atoms with Crippen LogP contribution in [0.1, 0.15) is 5.56 Å². The summed E-state index contributed by atoms with van der Waals surface area (Å²) in [5.74, 6) is 0. The fourth-order valence-electron chi connectivity index (χ4n) is 1.25. The normalized spacial score (nSPS) is 11.4. The molecule has 0 atom stereocenters. The van der Waals surface area contributed by atoms with Crippen molar-refractivity contribution in [3.05, 3.63) is 54.2 Å². The van der Waals surface area contributed by atoms with Crippen LogP contribution >= 0.6 is 0 Å². The maximum atomic E-state index is 8.52. The zero-order valence-electron chi connectivity index (χ0n) is 9.01. The van der Waals surface area contributed by atoms with Gasteiger partial charge in [0, 0.05) is 26.4 Å². The largest absolute Gasteiger partial charge is 0.383 e. The Morgan fingerprint density at radius 2 is 1.93 bits per heavy atom. The highest BCUT2D eigenvalue weighted by atomic mass is 15.0. The van der Waals surface area contributed by atoms with Crippen LogP contribution in [-0.4, -0.2) is 19.0 Å². The van der Waals surface area contributed by atoms with E-state index in [1.54, 1.807) is 0 Å². The fraction of sp³-hybridized carbons (Fsp3) is 0.154. The van der Waals surface area contributed by atoms with Crippen molar-refractivity contribution in [2.75, 3.05) is 14.1 Å². The Balaban J connectivity index is 3.03. The predicted octanol–water partition coefficient (Wildman–Crippen LogP) is 2.67. The van der Waals surface area contributed by atoms with Crippen LogP contribution in [0.2, 0.25) is 0 Å². The molecule has 2 nitrogen and oxygen atoms in total. The van der Waals surface area contributed by atoms with Crippen molar-refractivity contribution in [2.45, 2.75) is 0 Å². The van der Waals surface area contributed by atoms with Gasteiger partial charge in [-0.2, -0.15) is 5.26 Å². The van der Waals surface area contributed by atoms with E-state index in [1.807, 2.05) is 67.7 Å². The lowest BCUT2D eigenvalue weighted by atomic mass is 10.1. The van der Waals surface area contributed by atoms with Crippen molar-refractivity contribution in [1.82, 2.24) is 4.90 Å². The van der Waals surface area contributed by atoms with Crippen LogP contribution in [0.25, 0.3) is 5.57 Å². The maximum absolute atomic E-state index is 8.52. The Morgan fingerprint density at radius 1 is 1.27 bits per heavy atom. The number of benzene rings is 1. The lowest BCUT2D eigenvalue weighted by molar-refractivity contribution is 0.566. The van der Waals surface area contributed by atoms with Crippen molar-refractivity contribution < 1.29 is 0 Å². The maximum Gasteiger partial charge on any atom is 0.0912 e. The van der Waals surface area contributed by atoms with Gasteiger partial charge in [-0.05, 0) is 17.2 Å². The molecule has 0 heterocycles. The molecule has 0 saturated heterocycles. The number of nitrogens with zero attached hydrogens (tertiary/aromatic N) is 2. The minimum Gasteiger partial charge on any atom is -0.383 e. The second-order valence-corrected chi connectivity index (χ2v) is 3.38. The quantitative estimate of drug-likeness (QED) is 0.551. The SMILES string of the molecule is CN(C)/C=C(\C=C\C#N)c1ccccc1. The smallest absolute Gasteiger partial charge is 0.0912 e. The standard InChI is InChI=1S/C13H14N2/c1-15(2)11-13(9-6-10-14)12-7-4-3-5-8-12/h3-9,11H,1-2H3/b9-6+,13-11+. The number of allylic oxidation sites excluding steroid dienone is 3. The Labute approximate surface area is 90.8 Å². The van der Waals surface area contributed by atoms with E-state index in [4.69, 9.17) is 5.26 Å². The molecule has 1 aromatic carbocycles. The molecule has 1 aromatic rings. The topological polar surface area (TPSA) is 27.0 Å². The van der Waals surface area contributed by atoms with Gasteiger partial charge in [0.25, 0.3) is 0 Å². The van der Waals surface area contributed by atoms with Crippen molar-refractivity contribution in [3.8, 4) is 6.07 Å². The van der Waals surface area contributed by atoms with E-state index < -0.39 is 0 Å². The average molecular weight is 198 g/mol. The van der Waals surface area contributed by atoms with Gasteiger partial charge in [-0.1, -0.05) is 30.3 Å². The van der Waals surface area contributed by atoms with E-state index in [9.17, 15) is 0 Å². The van der Waals surface area contributed by atoms with Gasteiger partial charge in [-0.3, -0.25) is 0 Å². The first-order valence-electron chi connectivity index (χ1n) is 4.74. The molecule has 0 aromatic heterocycles. The summed E-state index contributed by atoms with van der Waals surface area (Å²) >= 11 is 0. The molecule has 2 heteroatoms. The van der Waals surface area contributed by atoms with E-state index in [1.165, 1.54) is 6.08 Å². The summed E-state index contributed by atoms with van der Waals surface area (Å²) in [6.45, 7) is 0. The Hall–Kier alpha value is -2.01. The summed E-state index contributed by atoms with van der Waals surface area (Å²) in [6, 6.07) is 12.0. The third kappa shape index (κ3) is 3.70. The molecule has 0 aliphatic heterocycles. The molecule has 0 aliphatic rings. The van der Waals surface area contributed by atoms with Crippen molar-refractivity contribution in [3.63, 3.8) is 0 Å². The summed E-state index contributed by atoms with van der Waals surface area (Å²) in [7, 11) is 3.92. The second kappa shape index (κ2) is 5.66.